The van der Waals surface area contributed by atoms with Crippen LogP contribution in [0.1, 0.15) is 50.5 Å². The highest BCUT2D eigenvalue weighted by Gasteiger charge is 2.26. The van der Waals surface area contributed by atoms with Crippen LogP contribution in [0.15, 0.2) is 12.1 Å². The van der Waals surface area contributed by atoms with Gasteiger partial charge in [-0.25, -0.2) is 0 Å². The maximum Gasteiger partial charge on any atom is 0.170 e. The van der Waals surface area contributed by atoms with Gasteiger partial charge in [0.2, 0.25) is 0 Å². The molecular weight excluding hydrogens is 342 g/mol. The molecule has 0 spiro atoms. The number of halogens is 1. The number of nitrogen functional groups attached to an aromatic ring is 1. The van der Waals surface area contributed by atoms with Gasteiger partial charge in [-0.15, -0.1) is 12.4 Å². The first-order chi connectivity index (χ1) is 11.1. The fourth-order valence-corrected chi connectivity index (χ4v) is 2.05. The smallest absolute Gasteiger partial charge is 0.170 e. The number of nitrogens with two attached hydrogens (primary N) is 1. The topological polar surface area (TPSA) is 108 Å². The van der Waals surface area contributed by atoms with E-state index in [1.165, 1.54) is 0 Å². The van der Waals surface area contributed by atoms with Crippen LogP contribution in [0.5, 0.6) is 5.75 Å². The summed E-state index contributed by atoms with van der Waals surface area (Å²) in [4.78, 5) is 12.4. The third-order valence-electron chi connectivity index (χ3n) is 3.44. The van der Waals surface area contributed by atoms with E-state index in [0.29, 0.717) is 12.1 Å². The number of nitriles is 1. The summed E-state index contributed by atoms with van der Waals surface area (Å²) in [6.45, 7) is 9.76. The van der Waals surface area contributed by atoms with Gasteiger partial charge in [0.25, 0.3) is 0 Å². The second-order valence-electron chi connectivity index (χ2n) is 7.12. The molecule has 6 nitrogen and oxygen atoms in total. The molecule has 0 amide bonds. The minimum atomic E-state index is -0.712. The number of ether oxygens (including phenoxy) is 1. The van der Waals surface area contributed by atoms with Crippen LogP contribution in [0.4, 0.5) is 5.69 Å². The van der Waals surface area contributed by atoms with E-state index in [9.17, 15) is 15.2 Å². The lowest BCUT2D eigenvalue weighted by molar-refractivity contribution is 0.0858. The van der Waals surface area contributed by atoms with Crippen LogP contribution in [0.3, 0.4) is 0 Å². The van der Waals surface area contributed by atoms with Gasteiger partial charge in [-0.05, 0) is 12.1 Å². The Morgan fingerprint density at radius 3 is 2.48 bits per heavy atom. The minimum Gasteiger partial charge on any atom is -0.489 e. The Balaban J connectivity index is 0.00000576. The quantitative estimate of drug-likeness (QED) is 0.503. The highest BCUT2D eigenvalue weighted by molar-refractivity contribution is 6.05. The van der Waals surface area contributed by atoms with E-state index in [-0.39, 0.29) is 47.8 Å². The van der Waals surface area contributed by atoms with Gasteiger partial charge in [-0.2, -0.15) is 5.26 Å². The lowest BCUT2D eigenvalue weighted by Gasteiger charge is -2.20. The number of benzene rings is 1. The highest BCUT2D eigenvalue weighted by Crippen LogP contribution is 2.31. The Labute approximate surface area is 155 Å². The maximum atomic E-state index is 12.4. The van der Waals surface area contributed by atoms with Gasteiger partial charge in [0.15, 0.2) is 5.78 Å². The second kappa shape index (κ2) is 9.62. The number of carbonyl (C=O) groups is 1. The zero-order valence-corrected chi connectivity index (χ0v) is 16.2. The van der Waals surface area contributed by atoms with Crippen LogP contribution in [0, 0.1) is 16.7 Å². The molecule has 0 aliphatic heterocycles. The van der Waals surface area contributed by atoms with Gasteiger partial charge in [0.05, 0.1) is 5.69 Å². The number of hydrogen-bond donors (Lipinski definition) is 3. The Hall–Kier alpha value is -1.81. The highest BCUT2D eigenvalue weighted by atomic mass is 35.5. The maximum absolute atomic E-state index is 12.4. The third kappa shape index (κ3) is 6.54. The molecule has 7 heteroatoms. The van der Waals surface area contributed by atoms with E-state index in [1.807, 2.05) is 19.9 Å². The zero-order valence-electron chi connectivity index (χ0n) is 15.4. The van der Waals surface area contributed by atoms with Crippen LogP contribution >= 0.6 is 12.4 Å². The van der Waals surface area contributed by atoms with Crippen molar-refractivity contribution in [3.05, 3.63) is 23.3 Å². The van der Waals surface area contributed by atoms with E-state index in [0.717, 1.165) is 0 Å². The van der Waals surface area contributed by atoms with Crippen molar-refractivity contribution in [1.82, 2.24) is 5.32 Å². The summed E-state index contributed by atoms with van der Waals surface area (Å²) in [5.41, 5.74) is 5.95. The van der Waals surface area contributed by atoms with E-state index in [1.54, 1.807) is 32.9 Å². The lowest BCUT2D eigenvalue weighted by atomic mass is 9.85. The molecule has 1 rings (SSSR count). The summed E-state index contributed by atoms with van der Waals surface area (Å²) in [6, 6.07) is 5.36. The van der Waals surface area contributed by atoms with Crippen LogP contribution in [0.2, 0.25) is 0 Å². The normalized spacial score (nSPS) is 12.2. The summed E-state index contributed by atoms with van der Waals surface area (Å²) >= 11 is 0. The molecule has 4 N–H and O–H groups in total. The van der Waals surface area contributed by atoms with Crippen molar-refractivity contribution in [1.29, 1.82) is 5.26 Å². The molecule has 0 aliphatic rings. The number of rotatable bonds is 7. The van der Waals surface area contributed by atoms with E-state index >= 15 is 0 Å². The fraction of sp³-hybridized carbons (Fsp3) is 0.556. The fourth-order valence-electron chi connectivity index (χ4n) is 2.05. The molecule has 0 bridgehead atoms. The van der Waals surface area contributed by atoms with Gasteiger partial charge in [-0.3, -0.25) is 4.79 Å². The van der Waals surface area contributed by atoms with Crippen molar-refractivity contribution >= 4 is 23.9 Å². The number of nitrogens with one attached hydrogen (secondary N) is 1. The van der Waals surface area contributed by atoms with Gasteiger partial charge in [0.1, 0.15) is 30.1 Å². The molecule has 1 atom stereocenters. The van der Waals surface area contributed by atoms with Gasteiger partial charge < -0.3 is 20.9 Å². The molecule has 0 radical (unpaired) electrons. The number of nitrogens with zero attached hydrogens (tertiary/aromatic N) is 1. The number of Topliss-reactive ketones (excluding diaryl/α,β-unsaturated/α-hetero) is 1. The SMILES string of the molecule is CC(C)NCC(O)COc1ccc(C(=O)C(C)(C)C)c(N)c1C#N.Cl. The summed E-state index contributed by atoms with van der Waals surface area (Å²) < 4.78 is 5.52. The van der Waals surface area contributed by atoms with Crippen molar-refractivity contribution in [2.75, 3.05) is 18.9 Å². The van der Waals surface area contributed by atoms with Gasteiger partial charge in [-0.1, -0.05) is 34.6 Å². The molecule has 140 valence electrons. The van der Waals surface area contributed by atoms with Crippen LogP contribution in [-0.2, 0) is 0 Å². The number of ketones is 1. The monoisotopic (exact) mass is 369 g/mol. The largest absolute Gasteiger partial charge is 0.489 e. The molecule has 0 fully saturated rings. The number of carbonyl (C=O) groups excluding carboxylic acids is 1. The third-order valence-corrected chi connectivity index (χ3v) is 3.44. The second-order valence-corrected chi connectivity index (χ2v) is 7.12. The van der Waals surface area contributed by atoms with Crippen molar-refractivity contribution in [2.45, 2.75) is 46.8 Å². The van der Waals surface area contributed by atoms with Crippen molar-refractivity contribution in [3.63, 3.8) is 0 Å². The first-order valence-corrected chi connectivity index (χ1v) is 7.99. The predicted octanol–water partition coefficient (Wildman–Crippen LogP) is 2.53. The van der Waals surface area contributed by atoms with Crippen LogP contribution in [-0.4, -0.2) is 36.2 Å². The van der Waals surface area contributed by atoms with Gasteiger partial charge in [0, 0.05) is 23.6 Å². The molecule has 0 aromatic heterocycles. The number of aliphatic hydroxyl groups excluding tert-OH is 1. The molecular formula is C18H28ClN3O3. The summed E-state index contributed by atoms with van der Waals surface area (Å²) in [6.07, 6.45) is -0.712. The standard InChI is InChI=1S/C18H27N3O3.ClH/c1-11(2)21-9-12(22)10-24-15-7-6-13(16(20)14(15)8-19)17(23)18(3,4)5;/h6-7,11-12,21-22H,9-10,20H2,1-5H3;1H. The Kier molecular flexibility index (Phi) is 8.92. The first kappa shape index (κ1) is 23.2. The molecule has 0 saturated carbocycles. The van der Waals surface area contributed by atoms with Crippen LogP contribution in [0.25, 0.3) is 0 Å². The number of anilines is 1. The molecule has 1 aromatic carbocycles. The Morgan fingerprint density at radius 1 is 1.40 bits per heavy atom. The molecule has 1 unspecified atom stereocenters. The molecule has 1 aromatic rings. The lowest BCUT2D eigenvalue weighted by Crippen LogP contribution is -2.35. The number of aliphatic hydroxyl groups is 1. The zero-order chi connectivity index (χ0) is 18.5. The van der Waals surface area contributed by atoms with E-state index in [2.05, 4.69) is 5.32 Å². The summed E-state index contributed by atoms with van der Waals surface area (Å²) in [7, 11) is 0. The summed E-state index contributed by atoms with van der Waals surface area (Å²) in [5.74, 6) is 0.133. The number of hydrogen-bond acceptors (Lipinski definition) is 6. The predicted molar refractivity (Wildman–Crippen MR) is 101 cm³/mol. The summed E-state index contributed by atoms with van der Waals surface area (Å²) in [5, 5.41) is 22.3. The molecule has 25 heavy (non-hydrogen) atoms. The minimum absolute atomic E-state index is 0. The molecule has 0 saturated heterocycles. The van der Waals surface area contributed by atoms with Crippen molar-refractivity contribution in [2.24, 2.45) is 5.41 Å². The van der Waals surface area contributed by atoms with Gasteiger partial charge >= 0.3 is 0 Å². The Bertz CT molecular complexity index is 634. The molecule has 0 heterocycles. The van der Waals surface area contributed by atoms with E-state index < -0.39 is 11.5 Å². The van der Waals surface area contributed by atoms with Crippen molar-refractivity contribution in [3.8, 4) is 11.8 Å². The first-order valence-electron chi connectivity index (χ1n) is 7.99. The average Bonchev–Trinajstić information content (AvgIpc) is 2.49. The molecule has 0 aliphatic carbocycles. The Morgan fingerprint density at radius 2 is 2.00 bits per heavy atom. The van der Waals surface area contributed by atoms with Crippen LogP contribution < -0.4 is 15.8 Å². The van der Waals surface area contributed by atoms with E-state index in [4.69, 9.17) is 10.5 Å². The van der Waals surface area contributed by atoms with Crippen molar-refractivity contribution < 1.29 is 14.6 Å². The average molecular weight is 370 g/mol.